The highest BCUT2D eigenvalue weighted by molar-refractivity contribution is 5.91. The third-order valence-corrected chi connectivity index (χ3v) is 8.14. The number of pyridine rings is 2. The molecule has 38 heavy (non-hydrogen) atoms. The Morgan fingerprint density at radius 1 is 1.11 bits per heavy atom. The Bertz CT molecular complexity index is 1280. The standard InChI is InChI=1S/C28H37N9O/c1-19-14-27(35-34-19)32-26-17-25-24(7-6-20(30-25)18-36-10-12-38-13-11-36)28(33-26)31-21-15-22-4-2-5-23(16-21)37(22)9-3-8-29/h6-7,14,17,21-23H,2-5,9-13,15-16,18H2,1H3,(H3,31,32,33,34,35)/t21?,22-,23+. The minimum absolute atomic E-state index is 0.343. The van der Waals surface area contributed by atoms with Gasteiger partial charge >= 0.3 is 0 Å². The molecule has 200 valence electrons. The molecule has 10 nitrogen and oxygen atoms in total. The molecule has 1 unspecified atom stereocenters. The Labute approximate surface area is 223 Å². The Morgan fingerprint density at radius 3 is 2.66 bits per heavy atom. The minimum Gasteiger partial charge on any atom is -0.379 e. The van der Waals surface area contributed by atoms with Crippen molar-refractivity contribution in [2.75, 3.05) is 43.5 Å². The number of H-pyrrole nitrogens is 1. The van der Waals surface area contributed by atoms with E-state index in [1.807, 2.05) is 19.1 Å². The fourth-order valence-corrected chi connectivity index (χ4v) is 6.37. The molecule has 0 spiro atoms. The van der Waals surface area contributed by atoms with Gasteiger partial charge < -0.3 is 15.4 Å². The molecule has 3 aromatic heterocycles. The van der Waals surface area contributed by atoms with Crippen LogP contribution in [0.15, 0.2) is 24.3 Å². The highest BCUT2D eigenvalue weighted by atomic mass is 16.5. The molecule has 0 aliphatic carbocycles. The van der Waals surface area contributed by atoms with Crippen molar-refractivity contribution in [2.24, 2.45) is 0 Å². The van der Waals surface area contributed by atoms with Gasteiger partial charge in [-0.05, 0) is 44.7 Å². The molecule has 3 atom stereocenters. The van der Waals surface area contributed by atoms with E-state index in [0.717, 1.165) is 92.0 Å². The van der Waals surface area contributed by atoms with Crippen LogP contribution in [0.5, 0.6) is 0 Å². The van der Waals surface area contributed by atoms with Crippen molar-refractivity contribution in [1.29, 1.82) is 5.26 Å². The number of nitriles is 1. The summed E-state index contributed by atoms with van der Waals surface area (Å²) in [5, 5.41) is 24.7. The lowest BCUT2D eigenvalue weighted by Gasteiger charge is -2.49. The summed E-state index contributed by atoms with van der Waals surface area (Å²) in [4.78, 5) is 15.1. The van der Waals surface area contributed by atoms with Crippen LogP contribution in [0.25, 0.3) is 10.9 Å². The average Bonchev–Trinajstić information content (AvgIpc) is 3.32. The number of nitrogens with one attached hydrogen (secondary N) is 3. The SMILES string of the molecule is Cc1cc(Nc2cc3nc(CN4CCOCC4)ccc3c(NC3C[C@H]4CCC[C@@H](C3)N4CCC#N)n2)n[nH]1. The lowest BCUT2D eigenvalue weighted by Crippen LogP contribution is -2.55. The fraction of sp³-hybridized carbons (Fsp3) is 0.571. The third kappa shape index (κ3) is 5.60. The van der Waals surface area contributed by atoms with Crippen LogP contribution in [-0.2, 0) is 11.3 Å². The van der Waals surface area contributed by atoms with Crippen LogP contribution >= 0.6 is 0 Å². The molecule has 0 amide bonds. The van der Waals surface area contributed by atoms with Crippen molar-refractivity contribution in [3.05, 3.63) is 35.7 Å². The first-order chi connectivity index (χ1) is 18.6. The Hall–Kier alpha value is -3.26. The maximum absolute atomic E-state index is 9.13. The van der Waals surface area contributed by atoms with E-state index in [2.05, 4.69) is 48.8 Å². The number of fused-ring (bicyclic) bond motifs is 3. The molecule has 3 aliphatic heterocycles. The van der Waals surface area contributed by atoms with E-state index in [0.29, 0.717) is 24.5 Å². The van der Waals surface area contributed by atoms with Gasteiger partial charge in [-0.15, -0.1) is 0 Å². The number of ether oxygens (including phenoxy) is 1. The Kier molecular flexibility index (Phi) is 7.40. The molecular weight excluding hydrogens is 478 g/mol. The van der Waals surface area contributed by atoms with E-state index in [4.69, 9.17) is 20.0 Å². The second-order valence-electron chi connectivity index (χ2n) is 10.9. The van der Waals surface area contributed by atoms with Crippen molar-refractivity contribution in [2.45, 2.75) is 70.1 Å². The summed E-state index contributed by atoms with van der Waals surface area (Å²) in [6.07, 6.45) is 6.45. The van der Waals surface area contributed by atoms with Crippen molar-refractivity contribution >= 4 is 28.4 Å². The zero-order valence-electron chi connectivity index (χ0n) is 22.1. The van der Waals surface area contributed by atoms with Gasteiger partial charge in [0.1, 0.15) is 11.6 Å². The van der Waals surface area contributed by atoms with E-state index in [9.17, 15) is 0 Å². The summed E-state index contributed by atoms with van der Waals surface area (Å²) < 4.78 is 5.51. The average molecular weight is 516 g/mol. The minimum atomic E-state index is 0.343. The number of hydrogen-bond acceptors (Lipinski definition) is 9. The first-order valence-corrected chi connectivity index (χ1v) is 13.9. The highest BCUT2D eigenvalue weighted by Gasteiger charge is 2.38. The summed E-state index contributed by atoms with van der Waals surface area (Å²) in [5.41, 5.74) is 2.97. The number of aryl methyl sites for hydroxylation is 1. The normalized spacial score (nSPS) is 24.3. The van der Waals surface area contributed by atoms with Gasteiger partial charge in [-0.1, -0.05) is 6.42 Å². The molecular formula is C28H37N9O. The lowest BCUT2D eigenvalue weighted by molar-refractivity contribution is 0.0337. The first-order valence-electron chi connectivity index (χ1n) is 13.9. The Morgan fingerprint density at radius 2 is 1.92 bits per heavy atom. The van der Waals surface area contributed by atoms with Gasteiger partial charge in [0.05, 0.1) is 30.5 Å². The van der Waals surface area contributed by atoms with E-state index >= 15 is 0 Å². The molecule has 3 aromatic rings. The van der Waals surface area contributed by atoms with Gasteiger partial charge in [-0.25, -0.2) is 4.98 Å². The molecule has 0 saturated carbocycles. The van der Waals surface area contributed by atoms with Crippen LogP contribution in [0.1, 0.15) is 49.9 Å². The molecule has 2 bridgehead atoms. The molecule has 3 N–H and O–H groups in total. The van der Waals surface area contributed by atoms with Crippen LogP contribution in [0.2, 0.25) is 0 Å². The zero-order valence-corrected chi connectivity index (χ0v) is 22.1. The number of piperidine rings is 2. The molecule has 3 saturated heterocycles. The van der Waals surface area contributed by atoms with Crippen molar-refractivity contribution in [3.8, 4) is 6.07 Å². The smallest absolute Gasteiger partial charge is 0.153 e. The number of hydrogen-bond donors (Lipinski definition) is 3. The molecule has 3 aliphatic rings. The van der Waals surface area contributed by atoms with E-state index in [-0.39, 0.29) is 0 Å². The van der Waals surface area contributed by atoms with Gasteiger partial charge in [0.25, 0.3) is 0 Å². The predicted molar refractivity (Wildman–Crippen MR) is 147 cm³/mol. The Balaban J connectivity index is 1.27. The first kappa shape index (κ1) is 25.0. The van der Waals surface area contributed by atoms with Gasteiger partial charge in [0.2, 0.25) is 0 Å². The van der Waals surface area contributed by atoms with Crippen molar-refractivity contribution in [3.63, 3.8) is 0 Å². The molecule has 6 heterocycles. The van der Waals surface area contributed by atoms with Gasteiger partial charge in [0, 0.05) is 73.9 Å². The molecule has 3 fully saturated rings. The summed E-state index contributed by atoms with van der Waals surface area (Å²) in [6, 6.07) is 12.0. The largest absolute Gasteiger partial charge is 0.379 e. The fourth-order valence-electron chi connectivity index (χ4n) is 6.37. The van der Waals surface area contributed by atoms with Crippen molar-refractivity contribution in [1.82, 2.24) is 30.0 Å². The molecule has 0 radical (unpaired) electrons. The predicted octanol–water partition coefficient (Wildman–Crippen LogP) is 3.95. The molecule has 0 aromatic carbocycles. The quantitative estimate of drug-likeness (QED) is 0.410. The van der Waals surface area contributed by atoms with E-state index in [1.165, 1.54) is 19.3 Å². The number of aromatic amines is 1. The number of aromatic nitrogens is 4. The van der Waals surface area contributed by atoms with Gasteiger partial charge in [0.15, 0.2) is 5.82 Å². The number of morpholine rings is 1. The highest BCUT2D eigenvalue weighted by Crippen LogP contribution is 2.36. The number of nitrogens with zero attached hydrogens (tertiary/aromatic N) is 6. The maximum Gasteiger partial charge on any atom is 0.153 e. The summed E-state index contributed by atoms with van der Waals surface area (Å²) >= 11 is 0. The monoisotopic (exact) mass is 515 g/mol. The zero-order chi connectivity index (χ0) is 25.9. The molecule has 10 heteroatoms. The topological polar surface area (TPSA) is 118 Å². The lowest BCUT2D eigenvalue weighted by atomic mass is 9.81. The summed E-state index contributed by atoms with van der Waals surface area (Å²) in [6.45, 7) is 7.11. The third-order valence-electron chi connectivity index (χ3n) is 8.14. The van der Waals surface area contributed by atoms with Gasteiger partial charge in [-0.2, -0.15) is 10.4 Å². The maximum atomic E-state index is 9.13. The van der Waals surface area contributed by atoms with Crippen LogP contribution in [0, 0.1) is 18.3 Å². The molecule has 6 rings (SSSR count). The number of anilines is 3. The van der Waals surface area contributed by atoms with Crippen LogP contribution < -0.4 is 10.6 Å². The van der Waals surface area contributed by atoms with E-state index in [1.54, 1.807) is 0 Å². The summed E-state index contributed by atoms with van der Waals surface area (Å²) in [7, 11) is 0. The van der Waals surface area contributed by atoms with Crippen LogP contribution in [-0.4, -0.2) is 80.9 Å². The van der Waals surface area contributed by atoms with Crippen LogP contribution in [0.3, 0.4) is 0 Å². The van der Waals surface area contributed by atoms with Crippen molar-refractivity contribution < 1.29 is 4.74 Å². The van der Waals surface area contributed by atoms with Crippen LogP contribution in [0.4, 0.5) is 17.5 Å². The summed E-state index contributed by atoms with van der Waals surface area (Å²) in [5.74, 6) is 2.34. The van der Waals surface area contributed by atoms with E-state index < -0.39 is 0 Å². The second-order valence-corrected chi connectivity index (χ2v) is 10.9. The number of rotatable bonds is 8. The second kappa shape index (κ2) is 11.2. The van der Waals surface area contributed by atoms with Gasteiger partial charge in [-0.3, -0.25) is 19.9 Å².